The third-order valence-electron chi connectivity index (χ3n) is 4.48. The van der Waals surface area contributed by atoms with Crippen LogP contribution in [0.15, 0.2) is 52.3 Å². The van der Waals surface area contributed by atoms with E-state index in [1.165, 1.54) is 28.2 Å². The minimum atomic E-state index is -5.01. The first-order chi connectivity index (χ1) is 15.9. The summed E-state index contributed by atoms with van der Waals surface area (Å²) in [5.74, 6) is -0.805. The molecule has 0 fully saturated rings. The molecule has 2 aromatic rings. The lowest BCUT2D eigenvalue weighted by Gasteiger charge is -2.23. The number of carboxylic acids is 1. The minimum Gasteiger partial charge on any atom is -0.482 e. The molecule has 0 spiro atoms. The zero-order valence-electron chi connectivity index (χ0n) is 18.7. The first-order valence-electron chi connectivity index (χ1n) is 10.4. The summed E-state index contributed by atoms with van der Waals surface area (Å²) in [5.41, 5.74) is 0.766. The molecule has 0 aliphatic carbocycles. The molecule has 12 heteroatoms. The van der Waals surface area contributed by atoms with Crippen LogP contribution < -0.4 is 9.47 Å². The molecule has 0 aromatic heterocycles. The van der Waals surface area contributed by atoms with Crippen molar-refractivity contribution in [1.82, 2.24) is 4.31 Å². The highest BCUT2D eigenvalue weighted by atomic mass is 32.2. The lowest BCUT2D eigenvalue weighted by molar-refractivity contribution is -0.275. The Morgan fingerprint density at radius 3 is 2.44 bits per heavy atom. The fourth-order valence-electron chi connectivity index (χ4n) is 3.06. The largest absolute Gasteiger partial charge is 0.573 e. The standard InChI is InChI=1S/C22H26F3NO6S2/c1-3-11-26(34(29,30)20-8-5-4-7-19(20)32-22(23,24)25)12-6-13-33-17-9-10-18(16(2)14-17)31-15-21(27)28/h4-5,7-10,14H,3,6,11-13,15H2,1-2H3,(H,27,28). The second-order valence-electron chi connectivity index (χ2n) is 7.21. The van der Waals surface area contributed by atoms with Crippen LogP contribution in [0.4, 0.5) is 13.2 Å². The van der Waals surface area contributed by atoms with Crippen molar-refractivity contribution in [3.05, 3.63) is 48.0 Å². The average Bonchev–Trinajstić information content (AvgIpc) is 2.74. The maximum Gasteiger partial charge on any atom is 0.573 e. The zero-order valence-corrected chi connectivity index (χ0v) is 20.3. The number of alkyl halides is 3. The number of carbonyl (C=O) groups is 1. The number of hydrogen-bond acceptors (Lipinski definition) is 6. The number of para-hydroxylation sites is 1. The van der Waals surface area contributed by atoms with E-state index in [2.05, 4.69) is 4.74 Å². The highest BCUT2D eigenvalue weighted by Crippen LogP contribution is 2.32. The quantitative estimate of drug-likeness (QED) is 0.295. The van der Waals surface area contributed by atoms with Crippen LogP contribution in [0.5, 0.6) is 11.5 Å². The monoisotopic (exact) mass is 521 g/mol. The highest BCUT2D eigenvalue weighted by Gasteiger charge is 2.35. The molecule has 0 unspecified atom stereocenters. The number of aryl methyl sites for hydroxylation is 1. The smallest absolute Gasteiger partial charge is 0.482 e. The molecule has 0 saturated heterocycles. The molecule has 0 saturated carbocycles. The molecule has 2 rings (SSSR count). The van der Waals surface area contributed by atoms with Gasteiger partial charge in [0.2, 0.25) is 10.0 Å². The van der Waals surface area contributed by atoms with E-state index in [9.17, 15) is 26.4 Å². The number of rotatable bonds is 13. The SMILES string of the molecule is CCCN(CCCSc1ccc(OCC(=O)O)c(C)c1)S(=O)(=O)c1ccccc1OC(F)(F)F. The summed E-state index contributed by atoms with van der Waals surface area (Å²) in [7, 11) is -4.20. The van der Waals surface area contributed by atoms with E-state index in [0.717, 1.165) is 22.6 Å². The van der Waals surface area contributed by atoms with Gasteiger partial charge in [0.1, 0.15) is 16.4 Å². The van der Waals surface area contributed by atoms with Gasteiger partial charge in [-0.1, -0.05) is 19.1 Å². The number of ether oxygens (including phenoxy) is 2. The number of benzene rings is 2. The molecule has 188 valence electrons. The van der Waals surface area contributed by atoms with Gasteiger partial charge in [-0.15, -0.1) is 24.9 Å². The molecule has 0 bridgehead atoms. The predicted molar refractivity (Wildman–Crippen MR) is 122 cm³/mol. The van der Waals surface area contributed by atoms with Crippen LogP contribution in [0, 0.1) is 6.92 Å². The van der Waals surface area contributed by atoms with E-state index in [-0.39, 0.29) is 13.1 Å². The molecular weight excluding hydrogens is 495 g/mol. The van der Waals surface area contributed by atoms with Gasteiger partial charge in [-0.3, -0.25) is 0 Å². The van der Waals surface area contributed by atoms with Gasteiger partial charge < -0.3 is 14.6 Å². The Bertz CT molecular complexity index is 1080. The van der Waals surface area contributed by atoms with Gasteiger partial charge in [0, 0.05) is 18.0 Å². The topological polar surface area (TPSA) is 93.1 Å². The molecule has 0 amide bonds. The van der Waals surface area contributed by atoms with Gasteiger partial charge in [0.25, 0.3) is 0 Å². The van der Waals surface area contributed by atoms with Crippen LogP contribution in [0.25, 0.3) is 0 Å². The van der Waals surface area contributed by atoms with Gasteiger partial charge >= 0.3 is 12.3 Å². The molecule has 34 heavy (non-hydrogen) atoms. The number of sulfonamides is 1. The van der Waals surface area contributed by atoms with Gasteiger partial charge in [-0.05, 0) is 61.4 Å². The summed E-state index contributed by atoms with van der Waals surface area (Å²) in [5, 5.41) is 8.71. The van der Waals surface area contributed by atoms with Crippen molar-refractivity contribution in [3.8, 4) is 11.5 Å². The van der Waals surface area contributed by atoms with Crippen LogP contribution in [0.2, 0.25) is 0 Å². The van der Waals surface area contributed by atoms with E-state index in [1.807, 2.05) is 6.07 Å². The molecule has 2 aromatic carbocycles. The number of carboxylic acid groups (broad SMARTS) is 1. The average molecular weight is 522 g/mol. The van der Waals surface area contributed by atoms with Crippen molar-refractivity contribution in [1.29, 1.82) is 0 Å². The van der Waals surface area contributed by atoms with Gasteiger partial charge in [-0.25, -0.2) is 13.2 Å². The maximum atomic E-state index is 13.1. The molecule has 1 N–H and O–H groups in total. The highest BCUT2D eigenvalue weighted by molar-refractivity contribution is 7.99. The van der Waals surface area contributed by atoms with Crippen molar-refractivity contribution >= 4 is 27.8 Å². The van der Waals surface area contributed by atoms with Gasteiger partial charge in [0.05, 0.1) is 0 Å². The Labute approximate surface area is 200 Å². The molecule has 0 aliphatic heterocycles. The Balaban J connectivity index is 2.03. The first-order valence-corrected chi connectivity index (χ1v) is 12.8. The molecule has 0 atom stereocenters. The van der Waals surface area contributed by atoms with Crippen LogP contribution in [-0.4, -0.2) is 55.6 Å². The van der Waals surface area contributed by atoms with E-state index in [1.54, 1.807) is 26.0 Å². The first kappa shape index (κ1) is 27.8. The lowest BCUT2D eigenvalue weighted by atomic mass is 10.2. The molecule has 0 heterocycles. The van der Waals surface area contributed by atoms with Crippen molar-refractivity contribution in [2.45, 2.75) is 42.8 Å². The molecule has 0 aliphatic rings. The summed E-state index contributed by atoms with van der Waals surface area (Å²) in [6.07, 6.45) is -4.06. The Hall–Kier alpha value is -2.44. The van der Waals surface area contributed by atoms with Crippen LogP contribution in [0.3, 0.4) is 0 Å². The summed E-state index contributed by atoms with van der Waals surface area (Å²) in [6, 6.07) is 10.00. The number of nitrogens with zero attached hydrogens (tertiary/aromatic N) is 1. The normalized spacial score (nSPS) is 12.1. The van der Waals surface area contributed by atoms with Crippen molar-refractivity contribution < 1.29 is 41.0 Å². The van der Waals surface area contributed by atoms with Crippen LogP contribution in [0.1, 0.15) is 25.3 Å². The van der Waals surface area contributed by atoms with Gasteiger partial charge in [0.15, 0.2) is 6.61 Å². The summed E-state index contributed by atoms with van der Waals surface area (Å²) in [6.45, 7) is 3.42. The Morgan fingerprint density at radius 1 is 1.12 bits per heavy atom. The fourth-order valence-corrected chi connectivity index (χ4v) is 5.68. The maximum absolute atomic E-state index is 13.1. The van der Waals surface area contributed by atoms with E-state index in [0.29, 0.717) is 24.3 Å². The van der Waals surface area contributed by atoms with Crippen LogP contribution >= 0.6 is 11.8 Å². The number of hydrogen-bond donors (Lipinski definition) is 1. The minimum absolute atomic E-state index is 0.127. The van der Waals surface area contributed by atoms with Crippen molar-refractivity contribution in [3.63, 3.8) is 0 Å². The number of aliphatic carboxylic acids is 1. The third kappa shape index (κ3) is 8.41. The summed E-state index contributed by atoms with van der Waals surface area (Å²) < 4.78 is 74.7. The Kier molecular flexibility index (Phi) is 10.1. The lowest BCUT2D eigenvalue weighted by Crippen LogP contribution is -2.33. The molecule has 7 nitrogen and oxygen atoms in total. The second-order valence-corrected chi connectivity index (χ2v) is 10.3. The second kappa shape index (κ2) is 12.3. The third-order valence-corrected chi connectivity index (χ3v) is 7.50. The van der Waals surface area contributed by atoms with Crippen molar-refractivity contribution in [2.75, 3.05) is 25.4 Å². The summed E-state index contributed by atoms with van der Waals surface area (Å²) >= 11 is 1.48. The number of thioether (sulfide) groups is 1. The van der Waals surface area contributed by atoms with Crippen LogP contribution in [-0.2, 0) is 14.8 Å². The van der Waals surface area contributed by atoms with E-state index >= 15 is 0 Å². The molecule has 0 radical (unpaired) electrons. The fraction of sp³-hybridized carbons (Fsp3) is 0.409. The summed E-state index contributed by atoms with van der Waals surface area (Å²) in [4.78, 5) is 11.0. The van der Waals surface area contributed by atoms with Gasteiger partial charge in [-0.2, -0.15) is 4.31 Å². The predicted octanol–water partition coefficient (Wildman–Crippen LogP) is 4.94. The van der Waals surface area contributed by atoms with E-state index in [4.69, 9.17) is 9.84 Å². The Morgan fingerprint density at radius 2 is 1.82 bits per heavy atom. The number of halogens is 3. The zero-order chi connectivity index (χ0) is 25.4. The van der Waals surface area contributed by atoms with Crippen molar-refractivity contribution in [2.24, 2.45) is 0 Å². The molecular formula is C22H26F3NO6S2. The van der Waals surface area contributed by atoms with E-state index < -0.39 is 39.6 Å².